The number of rotatable bonds is 1. The van der Waals surface area contributed by atoms with Crippen LogP contribution in [0.4, 0.5) is 19.1 Å². The number of nitrogens with zero attached hydrogens (tertiary/aromatic N) is 6. The minimum absolute atomic E-state index is 0.0891. The zero-order chi connectivity index (χ0) is 14.5. The summed E-state index contributed by atoms with van der Waals surface area (Å²) in [7, 11) is 1.41. The molecule has 0 saturated heterocycles. The number of nitrogen functional groups attached to an aromatic ring is 1. The Bertz CT molecular complexity index is 786. The molecule has 0 aliphatic heterocycles. The van der Waals surface area contributed by atoms with Gasteiger partial charge in [-0.2, -0.15) is 18.3 Å². The molecule has 0 radical (unpaired) electrons. The second-order valence-electron chi connectivity index (χ2n) is 4.12. The summed E-state index contributed by atoms with van der Waals surface area (Å²) in [5.74, 6) is 0.0891. The molecule has 0 saturated carbocycles. The van der Waals surface area contributed by atoms with E-state index in [9.17, 15) is 13.2 Å². The van der Waals surface area contributed by atoms with Crippen molar-refractivity contribution in [3.63, 3.8) is 0 Å². The predicted octanol–water partition coefficient (Wildman–Crippen LogP) is 1.13. The molecule has 3 aromatic rings. The third kappa shape index (κ3) is 1.76. The Morgan fingerprint density at radius 2 is 2.00 bits per heavy atom. The van der Waals surface area contributed by atoms with Crippen molar-refractivity contribution < 1.29 is 13.2 Å². The number of fused-ring (bicyclic) bond motifs is 1. The van der Waals surface area contributed by atoms with Gasteiger partial charge in [0.05, 0.1) is 0 Å². The number of anilines is 1. The highest BCUT2D eigenvalue weighted by Gasteiger charge is 2.38. The fourth-order valence-electron chi connectivity index (χ4n) is 1.92. The second kappa shape index (κ2) is 3.92. The largest absolute Gasteiger partial charge is 0.435 e. The average molecular weight is 283 g/mol. The standard InChI is InChI=1S/C10H8F3N7/c1-19-3-6(7(18-19)10(11,12)13)5-2-15-9(14)20-4-16-17-8(5)20/h2-4H,1H3,(H2,14,15). The highest BCUT2D eigenvalue weighted by molar-refractivity contribution is 5.78. The van der Waals surface area contributed by atoms with Crippen LogP contribution >= 0.6 is 0 Å². The zero-order valence-electron chi connectivity index (χ0n) is 10.1. The third-order valence-corrected chi connectivity index (χ3v) is 2.75. The first-order valence-electron chi connectivity index (χ1n) is 5.43. The van der Waals surface area contributed by atoms with Crippen LogP contribution in [0.3, 0.4) is 0 Å². The topological polar surface area (TPSA) is 86.9 Å². The molecule has 0 spiro atoms. The van der Waals surface area contributed by atoms with Gasteiger partial charge in [0.1, 0.15) is 6.33 Å². The number of aryl methyl sites for hydroxylation is 1. The molecule has 0 amide bonds. The molecule has 0 bridgehead atoms. The summed E-state index contributed by atoms with van der Waals surface area (Å²) >= 11 is 0. The van der Waals surface area contributed by atoms with Crippen LogP contribution in [0.5, 0.6) is 0 Å². The molecule has 2 N–H and O–H groups in total. The molecule has 3 heterocycles. The fraction of sp³-hybridized carbons (Fsp3) is 0.200. The Morgan fingerprint density at radius 3 is 2.70 bits per heavy atom. The van der Waals surface area contributed by atoms with Gasteiger partial charge in [0.2, 0.25) is 5.95 Å². The smallest absolute Gasteiger partial charge is 0.369 e. The minimum atomic E-state index is -4.57. The van der Waals surface area contributed by atoms with Gasteiger partial charge in [0, 0.05) is 30.6 Å². The van der Waals surface area contributed by atoms with E-state index >= 15 is 0 Å². The van der Waals surface area contributed by atoms with E-state index in [1.807, 2.05) is 0 Å². The number of alkyl halides is 3. The molecule has 7 nitrogen and oxygen atoms in total. The lowest BCUT2D eigenvalue weighted by Crippen LogP contribution is -2.09. The van der Waals surface area contributed by atoms with Crippen molar-refractivity contribution in [2.75, 3.05) is 5.73 Å². The molecular formula is C10H8F3N7. The highest BCUT2D eigenvalue weighted by Crippen LogP contribution is 2.36. The number of aromatic nitrogens is 6. The van der Waals surface area contributed by atoms with Gasteiger partial charge in [0.25, 0.3) is 0 Å². The van der Waals surface area contributed by atoms with Crippen LogP contribution in [0, 0.1) is 0 Å². The molecule has 0 aliphatic carbocycles. The van der Waals surface area contributed by atoms with Crippen LogP contribution < -0.4 is 5.73 Å². The number of hydrogen-bond donors (Lipinski definition) is 1. The van der Waals surface area contributed by atoms with Crippen molar-refractivity contribution in [1.29, 1.82) is 0 Å². The summed E-state index contributed by atoms with van der Waals surface area (Å²) in [6, 6.07) is 0. The second-order valence-corrected chi connectivity index (χ2v) is 4.12. The van der Waals surface area contributed by atoms with Gasteiger partial charge in [-0.15, -0.1) is 10.2 Å². The van der Waals surface area contributed by atoms with Crippen molar-refractivity contribution >= 4 is 11.6 Å². The van der Waals surface area contributed by atoms with E-state index in [1.54, 1.807) is 0 Å². The molecule has 0 unspecified atom stereocenters. The molecule has 0 fully saturated rings. The van der Waals surface area contributed by atoms with Crippen molar-refractivity contribution in [2.24, 2.45) is 7.05 Å². The monoisotopic (exact) mass is 283 g/mol. The normalized spacial score (nSPS) is 12.2. The van der Waals surface area contributed by atoms with Gasteiger partial charge in [-0.1, -0.05) is 0 Å². The van der Waals surface area contributed by atoms with Crippen LogP contribution in [0.15, 0.2) is 18.7 Å². The van der Waals surface area contributed by atoms with Gasteiger partial charge in [-0.3, -0.25) is 9.08 Å². The average Bonchev–Trinajstić information content (AvgIpc) is 2.95. The van der Waals surface area contributed by atoms with E-state index in [0.29, 0.717) is 0 Å². The molecule has 104 valence electrons. The first kappa shape index (κ1) is 12.4. The zero-order valence-corrected chi connectivity index (χ0v) is 10.1. The van der Waals surface area contributed by atoms with Crippen molar-refractivity contribution in [2.45, 2.75) is 6.18 Å². The van der Waals surface area contributed by atoms with Crippen molar-refractivity contribution in [1.82, 2.24) is 29.4 Å². The number of halogens is 3. The quantitative estimate of drug-likeness (QED) is 0.723. The van der Waals surface area contributed by atoms with Gasteiger partial charge < -0.3 is 5.73 Å². The van der Waals surface area contributed by atoms with E-state index in [4.69, 9.17) is 5.73 Å². The predicted molar refractivity (Wildman–Crippen MR) is 62.4 cm³/mol. The van der Waals surface area contributed by atoms with E-state index in [1.165, 1.54) is 30.2 Å². The molecule has 0 aromatic carbocycles. The van der Waals surface area contributed by atoms with Gasteiger partial charge >= 0.3 is 6.18 Å². The molecular weight excluding hydrogens is 275 g/mol. The third-order valence-electron chi connectivity index (χ3n) is 2.75. The number of nitrogens with two attached hydrogens (primary N) is 1. The van der Waals surface area contributed by atoms with Crippen LogP contribution in [-0.2, 0) is 13.2 Å². The Balaban J connectivity index is 2.32. The Labute approximate surface area is 109 Å². The highest BCUT2D eigenvalue weighted by atomic mass is 19.4. The van der Waals surface area contributed by atoms with E-state index < -0.39 is 11.9 Å². The Morgan fingerprint density at radius 1 is 1.25 bits per heavy atom. The molecule has 3 rings (SSSR count). The SMILES string of the molecule is Cn1cc(-c2cnc(N)n3cnnc23)c(C(F)(F)F)n1. The van der Waals surface area contributed by atoms with Crippen LogP contribution in [0.25, 0.3) is 16.8 Å². The summed E-state index contributed by atoms with van der Waals surface area (Å²) < 4.78 is 41.4. The van der Waals surface area contributed by atoms with Gasteiger partial charge in [-0.05, 0) is 0 Å². The minimum Gasteiger partial charge on any atom is -0.369 e. The van der Waals surface area contributed by atoms with Gasteiger partial charge in [-0.25, -0.2) is 4.98 Å². The lowest BCUT2D eigenvalue weighted by atomic mass is 10.1. The van der Waals surface area contributed by atoms with Crippen LogP contribution in [0.2, 0.25) is 0 Å². The summed E-state index contributed by atoms with van der Waals surface area (Å²) in [4.78, 5) is 3.84. The maximum absolute atomic E-state index is 13.0. The van der Waals surface area contributed by atoms with Crippen molar-refractivity contribution in [3.8, 4) is 11.1 Å². The maximum atomic E-state index is 13.0. The fourth-order valence-corrected chi connectivity index (χ4v) is 1.92. The van der Waals surface area contributed by atoms with Crippen LogP contribution in [-0.4, -0.2) is 29.4 Å². The lowest BCUT2D eigenvalue weighted by Gasteiger charge is -2.07. The van der Waals surface area contributed by atoms with E-state index in [0.717, 1.165) is 4.68 Å². The molecule has 0 atom stereocenters. The Kier molecular flexibility index (Phi) is 2.43. The molecule has 20 heavy (non-hydrogen) atoms. The van der Waals surface area contributed by atoms with Gasteiger partial charge in [0.15, 0.2) is 11.3 Å². The first-order valence-corrected chi connectivity index (χ1v) is 5.43. The van der Waals surface area contributed by atoms with E-state index in [2.05, 4.69) is 20.3 Å². The van der Waals surface area contributed by atoms with Crippen molar-refractivity contribution in [3.05, 3.63) is 24.4 Å². The summed E-state index contributed by atoms with van der Waals surface area (Å²) in [5, 5.41) is 10.9. The summed E-state index contributed by atoms with van der Waals surface area (Å²) in [6.45, 7) is 0. The lowest BCUT2D eigenvalue weighted by molar-refractivity contribution is -0.140. The molecule has 10 heteroatoms. The number of hydrogen-bond acceptors (Lipinski definition) is 5. The van der Waals surface area contributed by atoms with Crippen LogP contribution in [0.1, 0.15) is 5.69 Å². The maximum Gasteiger partial charge on any atom is 0.435 e. The summed E-state index contributed by atoms with van der Waals surface area (Å²) in [6.07, 6.45) is -0.809. The van der Waals surface area contributed by atoms with E-state index in [-0.39, 0.29) is 22.7 Å². The summed E-state index contributed by atoms with van der Waals surface area (Å²) in [5.41, 5.74) is 4.84. The molecule has 0 aliphatic rings. The molecule has 3 aromatic heterocycles. The Hall–Kier alpha value is -2.65. The first-order chi connectivity index (χ1) is 9.38.